The maximum atomic E-state index is 12.0. The average Bonchev–Trinajstić information content (AvgIpc) is 2.64. The van der Waals surface area contributed by atoms with Crippen LogP contribution in [0.1, 0.15) is 12.0 Å². The van der Waals surface area contributed by atoms with Gasteiger partial charge < -0.3 is 19.9 Å². The Labute approximate surface area is 124 Å². The molecule has 2 rings (SSSR count). The molecular formula is C13H14BrNO5. The largest absolute Gasteiger partial charge is 0.375 e. The Kier molecular flexibility index (Phi) is 4.24. The van der Waals surface area contributed by atoms with Crippen molar-refractivity contribution in [2.24, 2.45) is 0 Å². The number of carbonyl (C=O) groups is 2. The zero-order chi connectivity index (χ0) is 14.9. The van der Waals surface area contributed by atoms with E-state index < -0.39 is 30.0 Å². The molecule has 0 spiro atoms. The zero-order valence-electron chi connectivity index (χ0n) is 11.0. The number of methoxy groups -OCH3 is 2. The van der Waals surface area contributed by atoms with Gasteiger partial charge in [-0.3, -0.25) is 9.59 Å². The van der Waals surface area contributed by atoms with Gasteiger partial charge in [0.25, 0.3) is 5.91 Å². The summed E-state index contributed by atoms with van der Waals surface area (Å²) in [5.74, 6) is -1.15. The van der Waals surface area contributed by atoms with Crippen LogP contribution in [0.4, 0.5) is 5.69 Å². The molecule has 0 bridgehead atoms. The van der Waals surface area contributed by atoms with E-state index in [4.69, 9.17) is 9.47 Å². The third-order valence-corrected chi connectivity index (χ3v) is 3.67. The number of aliphatic hydroxyl groups is 1. The number of anilines is 1. The van der Waals surface area contributed by atoms with E-state index in [1.165, 1.54) is 14.2 Å². The number of halogens is 1. The van der Waals surface area contributed by atoms with Crippen LogP contribution in [0.15, 0.2) is 22.7 Å². The Balaban J connectivity index is 2.33. The van der Waals surface area contributed by atoms with Gasteiger partial charge in [0.1, 0.15) is 0 Å². The number of ketones is 1. The highest BCUT2D eigenvalue weighted by Gasteiger charge is 2.47. The van der Waals surface area contributed by atoms with E-state index in [0.717, 1.165) is 0 Å². The van der Waals surface area contributed by atoms with Gasteiger partial charge in [0.2, 0.25) is 6.29 Å². The molecule has 6 nitrogen and oxygen atoms in total. The van der Waals surface area contributed by atoms with Crippen LogP contribution in [0.3, 0.4) is 0 Å². The standard InChI is InChI=1S/C13H14BrNO5/c1-19-11(20-2)10(16)6-13(18)8-5-7(14)3-4-9(8)15-12(13)17/h3-5,11,18H,6H2,1-2H3,(H,15,17)/t13-/m0/s1. The Morgan fingerprint density at radius 1 is 1.45 bits per heavy atom. The fourth-order valence-corrected chi connectivity index (χ4v) is 2.55. The maximum absolute atomic E-state index is 12.0. The predicted octanol–water partition coefficient (Wildman–Crippen LogP) is 1.17. The number of ether oxygens (including phenoxy) is 2. The number of fused-ring (bicyclic) bond motifs is 1. The van der Waals surface area contributed by atoms with E-state index in [2.05, 4.69) is 21.2 Å². The lowest BCUT2D eigenvalue weighted by atomic mass is 9.90. The Morgan fingerprint density at radius 2 is 2.10 bits per heavy atom. The topological polar surface area (TPSA) is 84.9 Å². The summed E-state index contributed by atoms with van der Waals surface area (Å²) in [6, 6.07) is 5.00. The van der Waals surface area contributed by atoms with Gasteiger partial charge in [0, 0.05) is 29.9 Å². The maximum Gasteiger partial charge on any atom is 0.261 e. The Hall–Kier alpha value is -1.28. The third kappa shape index (κ3) is 2.49. The molecule has 0 aromatic heterocycles. The molecule has 0 saturated heterocycles. The lowest BCUT2D eigenvalue weighted by Gasteiger charge is -2.22. The number of Topliss-reactive ketones (excluding diaryl/α,β-unsaturated/α-hetero) is 1. The highest BCUT2D eigenvalue weighted by molar-refractivity contribution is 9.10. The summed E-state index contributed by atoms with van der Waals surface area (Å²) in [4.78, 5) is 24.0. The van der Waals surface area contributed by atoms with Crippen molar-refractivity contribution in [3.63, 3.8) is 0 Å². The van der Waals surface area contributed by atoms with Gasteiger partial charge in [-0.25, -0.2) is 0 Å². The number of amides is 1. The molecule has 1 atom stereocenters. The minimum Gasteiger partial charge on any atom is -0.375 e. The van der Waals surface area contributed by atoms with E-state index in [1.54, 1.807) is 18.2 Å². The van der Waals surface area contributed by atoms with Gasteiger partial charge in [0.05, 0.1) is 6.42 Å². The quantitative estimate of drug-likeness (QED) is 0.784. The van der Waals surface area contributed by atoms with Crippen LogP contribution >= 0.6 is 15.9 Å². The molecule has 1 heterocycles. The minimum atomic E-state index is -1.91. The number of hydrogen-bond donors (Lipinski definition) is 2. The lowest BCUT2D eigenvalue weighted by Crippen LogP contribution is -2.40. The first-order chi connectivity index (χ1) is 9.42. The number of carbonyl (C=O) groups excluding carboxylic acids is 2. The molecule has 0 aliphatic carbocycles. The second-order valence-electron chi connectivity index (χ2n) is 4.45. The summed E-state index contributed by atoms with van der Waals surface area (Å²) in [6.07, 6.45) is -1.53. The van der Waals surface area contributed by atoms with Crippen molar-refractivity contribution >= 4 is 33.3 Å². The predicted molar refractivity (Wildman–Crippen MR) is 74.1 cm³/mol. The van der Waals surface area contributed by atoms with Crippen molar-refractivity contribution in [2.45, 2.75) is 18.3 Å². The number of rotatable bonds is 5. The number of nitrogens with one attached hydrogen (secondary N) is 1. The highest BCUT2D eigenvalue weighted by atomic mass is 79.9. The molecule has 108 valence electrons. The van der Waals surface area contributed by atoms with Crippen LogP contribution in [0.5, 0.6) is 0 Å². The van der Waals surface area contributed by atoms with E-state index in [0.29, 0.717) is 15.7 Å². The van der Waals surface area contributed by atoms with Gasteiger partial charge in [0.15, 0.2) is 11.4 Å². The van der Waals surface area contributed by atoms with Crippen molar-refractivity contribution in [1.82, 2.24) is 0 Å². The van der Waals surface area contributed by atoms with Crippen molar-refractivity contribution in [2.75, 3.05) is 19.5 Å². The molecule has 1 aromatic carbocycles. The monoisotopic (exact) mass is 343 g/mol. The van der Waals surface area contributed by atoms with Crippen molar-refractivity contribution < 1.29 is 24.2 Å². The summed E-state index contributed by atoms with van der Waals surface area (Å²) in [5, 5.41) is 13.1. The van der Waals surface area contributed by atoms with Crippen LogP contribution in [0, 0.1) is 0 Å². The summed E-state index contributed by atoms with van der Waals surface area (Å²) in [6.45, 7) is 0. The summed E-state index contributed by atoms with van der Waals surface area (Å²) in [7, 11) is 2.63. The Morgan fingerprint density at radius 3 is 2.70 bits per heavy atom. The molecule has 20 heavy (non-hydrogen) atoms. The molecular weight excluding hydrogens is 330 g/mol. The summed E-state index contributed by atoms with van der Waals surface area (Å²) >= 11 is 3.27. The first-order valence-electron chi connectivity index (χ1n) is 5.84. The molecule has 0 saturated carbocycles. The molecule has 1 aliphatic rings. The van der Waals surface area contributed by atoms with E-state index in [1.807, 2.05) is 0 Å². The molecule has 0 radical (unpaired) electrons. The molecule has 2 N–H and O–H groups in total. The minimum absolute atomic E-state index is 0.358. The first kappa shape index (κ1) is 15.1. The second-order valence-corrected chi connectivity index (χ2v) is 5.37. The van der Waals surface area contributed by atoms with Crippen LogP contribution in [-0.2, 0) is 24.7 Å². The van der Waals surface area contributed by atoms with Crippen molar-refractivity contribution in [1.29, 1.82) is 0 Å². The van der Waals surface area contributed by atoms with Crippen LogP contribution in [-0.4, -0.2) is 37.3 Å². The molecule has 0 fully saturated rings. The van der Waals surface area contributed by atoms with E-state index >= 15 is 0 Å². The lowest BCUT2D eigenvalue weighted by molar-refractivity contribution is -0.163. The van der Waals surface area contributed by atoms with Crippen molar-refractivity contribution in [3.05, 3.63) is 28.2 Å². The molecule has 7 heteroatoms. The fourth-order valence-electron chi connectivity index (χ4n) is 2.19. The number of benzene rings is 1. The first-order valence-corrected chi connectivity index (χ1v) is 6.64. The summed E-state index contributed by atoms with van der Waals surface area (Å²) in [5.41, 5.74) is -1.07. The van der Waals surface area contributed by atoms with Gasteiger partial charge in [-0.2, -0.15) is 0 Å². The van der Waals surface area contributed by atoms with Crippen molar-refractivity contribution in [3.8, 4) is 0 Å². The molecule has 1 aromatic rings. The van der Waals surface area contributed by atoms with Gasteiger partial charge in [-0.15, -0.1) is 0 Å². The van der Waals surface area contributed by atoms with Crippen LogP contribution in [0.25, 0.3) is 0 Å². The fraction of sp³-hybridized carbons (Fsp3) is 0.385. The smallest absolute Gasteiger partial charge is 0.261 e. The normalized spacial score (nSPS) is 20.9. The highest BCUT2D eigenvalue weighted by Crippen LogP contribution is 2.40. The Bertz CT molecular complexity index is 558. The van der Waals surface area contributed by atoms with Crippen LogP contribution < -0.4 is 5.32 Å². The van der Waals surface area contributed by atoms with E-state index in [-0.39, 0.29) is 0 Å². The van der Waals surface area contributed by atoms with Gasteiger partial charge in [-0.1, -0.05) is 15.9 Å². The SMILES string of the molecule is COC(OC)C(=O)C[C@@]1(O)C(=O)Nc2ccc(Br)cc21. The molecule has 0 unspecified atom stereocenters. The average molecular weight is 344 g/mol. The number of hydrogen-bond acceptors (Lipinski definition) is 5. The zero-order valence-corrected chi connectivity index (χ0v) is 12.6. The molecule has 1 amide bonds. The van der Waals surface area contributed by atoms with Gasteiger partial charge >= 0.3 is 0 Å². The molecule has 1 aliphatic heterocycles. The van der Waals surface area contributed by atoms with Crippen LogP contribution in [0.2, 0.25) is 0 Å². The third-order valence-electron chi connectivity index (χ3n) is 3.17. The van der Waals surface area contributed by atoms with Gasteiger partial charge in [-0.05, 0) is 18.2 Å². The second kappa shape index (κ2) is 5.61. The summed E-state index contributed by atoms with van der Waals surface area (Å²) < 4.78 is 10.4. The van der Waals surface area contributed by atoms with E-state index in [9.17, 15) is 14.7 Å².